The SMILES string of the molecule is CCOC(=O)[C@H](Cc1c(F)ccc2ccc(OC)nc12)OS(C)(=O)=O. The van der Waals surface area contributed by atoms with E-state index in [0.717, 1.165) is 6.26 Å². The monoisotopic (exact) mass is 371 g/mol. The average Bonchev–Trinajstić information content (AvgIpc) is 2.55. The molecule has 9 heteroatoms. The van der Waals surface area contributed by atoms with Gasteiger partial charge in [0.25, 0.3) is 10.1 Å². The molecule has 0 amide bonds. The van der Waals surface area contributed by atoms with Crippen molar-refractivity contribution in [3.8, 4) is 5.88 Å². The fraction of sp³-hybridized carbons (Fsp3) is 0.375. The maximum Gasteiger partial charge on any atom is 0.337 e. The average molecular weight is 371 g/mol. The molecule has 0 fully saturated rings. The van der Waals surface area contributed by atoms with E-state index in [1.54, 1.807) is 19.1 Å². The molecule has 1 aromatic carbocycles. The van der Waals surface area contributed by atoms with E-state index in [9.17, 15) is 17.6 Å². The van der Waals surface area contributed by atoms with Crippen molar-refractivity contribution in [2.75, 3.05) is 20.0 Å². The molecule has 0 unspecified atom stereocenters. The first-order valence-corrected chi connectivity index (χ1v) is 9.23. The molecule has 0 saturated heterocycles. The lowest BCUT2D eigenvalue weighted by molar-refractivity contribution is -0.151. The Morgan fingerprint density at radius 2 is 1.96 bits per heavy atom. The number of hydrogen-bond acceptors (Lipinski definition) is 7. The first kappa shape index (κ1) is 19.1. The molecule has 25 heavy (non-hydrogen) atoms. The van der Waals surface area contributed by atoms with Crippen molar-refractivity contribution in [2.45, 2.75) is 19.4 Å². The number of esters is 1. The molecule has 0 aliphatic heterocycles. The van der Waals surface area contributed by atoms with Gasteiger partial charge in [0.15, 0.2) is 6.10 Å². The Hall–Kier alpha value is -2.26. The van der Waals surface area contributed by atoms with Crippen LogP contribution in [0.4, 0.5) is 4.39 Å². The Labute approximate surface area is 144 Å². The van der Waals surface area contributed by atoms with Crippen LogP contribution in [0.25, 0.3) is 10.9 Å². The molecule has 2 aromatic rings. The fourth-order valence-corrected chi connectivity index (χ4v) is 2.87. The van der Waals surface area contributed by atoms with Crippen molar-refractivity contribution < 1.29 is 31.3 Å². The zero-order valence-corrected chi connectivity index (χ0v) is 14.8. The van der Waals surface area contributed by atoms with Crippen molar-refractivity contribution in [1.82, 2.24) is 4.98 Å². The molecular formula is C16H18FNO6S. The van der Waals surface area contributed by atoms with Gasteiger partial charge in [0, 0.05) is 23.4 Å². The zero-order chi connectivity index (χ0) is 18.6. The first-order valence-electron chi connectivity index (χ1n) is 7.42. The van der Waals surface area contributed by atoms with E-state index in [-0.39, 0.29) is 30.0 Å². The molecule has 0 aliphatic carbocycles. The molecule has 0 N–H and O–H groups in total. The minimum Gasteiger partial charge on any atom is -0.481 e. The van der Waals surface area contributed by atoms with E-state index >= 15 is 0 Å². The summed E-state index contributed by atoms with van der Waals surface area (Å²) in [5.74, 6) is -1.28. The van der Waals surface area contributed by atoms with Crippen LogP contribution in [-0.2, 0) is 30.3 Å². The van der Waals surface area contributed by atoms with Crippen LogP contribution in [0.15, 0.2) is 24.3 Å². The maximum atomic E-state index is 14.4. The van der Waals surface area contributed by atoms with Gasteiger partial charge in [0.2, 0.25) is 5.88 Å². The van der Waals surface area contributed by atoms with Crippen molar-refractivity contribution >= 4 is 27.0 Å². The topological polar surface area (TPSA) is 91.8 Å². The highest BCUT2D eigenvalue weighted by Crippen LogP contribution is 2.25. The van der Waals surface area contributed by atoms with Crippen LogP contribution in [-0.4, -0.2) is 45.4 Å². The van der Waals surface area contributed by atoms with Crippen molar-refractivity contribution in [1.29, 1.82) is 0 Å². The standard InChI is InChI=1S/C16H18FNO6S/c1-4-23-16(19)13(24-25(3,20)21)9-11-12(17)7-5-10-6-8-14(22-2)18-15(10)11/h5-8,13H,4,9H2,1-3H3/t13-/m0/s1. The van der Waals surface area contributed by atoms with Gasteiger partial charge in [-0.05, 0) is 25.1 Å². The number of benzene rings is 1. The lowest BCUT2D eigenvalue weighted by atomic mass is 10.0. The van der Waals surface area contributed by atoms with Crippen molar-refractivity contribution in [3.63, 3.8) is 0 Å². The molecule has 136 valence electrons. The van der Waals surface area contributed by atoms with Crippen LogP contribution in [0.2, 0.25) is 0 Å². The highest BCUT2D eigenvalue weighted by Gasteiger charge is 2.28. The minimum absolute atomic E-state index is 0.0343. The molecule has 2 rings (SSSR count). The van der Waals surface area contributed by atoms with Crippen LogP contribution in [0.3, 0.4) is 0 Å². The maximum absolute atomic E-state index is 14.4. The Balaban J connectivity index is 2.50. The second-order valence-electron chi connectivity index (χ2n) is 5.20. The number of rotatable bonds is 7. The summed E-state index contributed by atoms with van der Waals surface area (Å²) in [6.45, 7) is 1.60. The zero-order valence-electron chi connectivity index (χ0n) is 14.0. The summed E-state index contributed by atoms with van der Waals surface area (Å²) in [6.07, 6.45) is -1.06. The van der Waals surface area contributed by atoms with Crippen LogP contribution in [0, 0.1) is 5.82 Å². The van der Waals surface area contributed by atoms with Gasteiger partial charge in [-0.25, -0.2) is 14.2 Å². The summed E-state index contributed by atoms with van der Waals surface area (Å²) in [6, 6.07) is 6.03. The first-order chi connectivity index (χ1) is 11.7. The number of methoxy groups -OCH3 is 1. The Kier molecular flexibility index (Phi) is 5.91. The highest BCUT2D eigenvalue weighted by molar-refractivity contribution is 7.86. The van der Waals surface area contributed by atoms with E-state index in [4.69, 9.17) is 13.7 Å². The van der Waals surface area contributed by atoms with E-state index in [1.165, 1.54) is 19.2 Å². The summed E-state index contributed by atoms with van der Waals surface area (Å²) < 4.78 is 51.9. The summed E-state index contributed by atoms with van der Waals surface area (Å²) in [5.41, 5.74) is 0.295. The Morgan fingerprint density at radius 3 is 2.56 bits per heavy atom. The highest BCUT2D eigenvalue weighted by atomic mass is 32.2. The molecule has 0 aliphatic rings. The quantitative estimate of drug-likeness (QED) is 0.542. The summed E-state index contributed by atoms with van der Waals surface area (Å²) >= 11 is 0. The predicted molar refractivity (Wildman–Crippen MR) is 88.3 cm³/mol. The number of halogens is 1. The summed E-state index contributed by atoms with van der Waals surface area (Å²) in [7, 11) is -2.54. The summed E-state index contributed by atoms with van der Waals surface area (Å²) in [4.78, 5) is 16.2. The number of hydrogen-bond donors (Lipinski definition) is 0. The molecule has 1 aromatic heterocycles. The Bertz CT molecular complexity index is 884. The molecule has 0 radical (unpaired) electrons. The number of pyridine rings is 1. The van der Waals surface area contributed by atoms with Gasteiger partial charge in [-0.2, -0.15) is 8.42 Å². The molecule has 1 atom stereocenters. The number of carbonyl (C=O) groups is 1. The van der Waals surface area contributed by atoms with E-state index in [1.807, 2.05) is 0 Å². The van der Waals surface area contributed by atoms with Crippen molar-refractivity contribution in [2.24, 2.45) is 0 Å². The number of ether oxygens (including phenoxy) is 2. The second kappa shape index (κ2) is 7.75. The number of fused-ring (bicyclic) bond motifs is 1. The van der Waals surface area contributed by atoms with Crippen LogP contribution in [0.1, 0.15) is 12.5 Å². The van der Waals surface area contributed by atoms with E-state index in [2.05, 4.69) is 4.98 Å². The molecule has 1 heterocycles. The smallest absolute Gasteiger partial charge is 0.337 e. The lowest BCUT2D eigenvalue weighted by Gasteiger charge is -2.16. The molecule has 0 spiro atoms. The Morgan fingerprint density at radius 1 is 1.28 bits per heavy atom. The van der Waals surface area contributed by atoms with Gasteiger partial charge < -0.3 is 9.47 Å². The number of aromatic nitrogens is 1. The van der Waals surface area contributed by atoms with Crippen LogP contribution < -0.4 is 4.74 Å². The van der Waals surface area contributed by atoms with E-state index in [0.29, 0.717) is 5.39 Å². The predicted octanol–water partition coefficient (Wildman–Crippen LogP) is 1.83. The van der Waals surface area contributed by atoms with Gasteiger partial charge in [0.1, 0.15) is 5.82 Å². The lowest BCUT2D eigenvalue weighted by Crippen LogP contribution is -2.31. The molecule has 0 bridgehead atoms. The number of nitrogens with zero attached hydrogens (tertiary/aromatic N) is 1. The number of carbonyl (C=O) groups excluding carboxylic acids is 1. The second-order valence-corrected chi connectivity index (χ2v) is 6.80. The molecular weight excluding hydrogens is 353 g/mol. The van der Waals surface area contributed by atoms with Gasteiger partial charge in [-0.3, -0.25) is 4.18 Å². The van der Waals surface area contributed by atoms with Crippen LogP contribution in [0.5, 0.6) is 5.88 Å². The third-order valence-corrected chi connectivity index (χ3v) is 3.91. The van der Waals surface area contributed by atoms with Crippen LogP contribution >= 0.6 is 0 Å². The van der Waals surface area contributed by atoms with Gasteiger partial charge in [-0.1, -0.05) is 0 Å². The normalized spacial score (nSPS) is 12.8. The largest absolute Gasteiger partial charge is 0.481 e. The van der Waals surface area contributed by atoms with Crippen molar-refractivity contribution in [3.05, 3.63) is 35.6 Å². The van der Waals surface area contributed by atoms with E-state index < -0.39 is 28.0 Å². The van der Waals surface area contributed by atoms with Gasteiger partial charge in [-0.15, -0.1) is 0 Å². The molecule has 7 nitrogen and oxygen atoms in total. The fourth-order valence-electron chi connectivity index (χ4n) is 2.30. The third-order valence-electron chi connectivity index (χ3n) is 3.32. The summed E-state index contributed by atoms with van der Waals surface area (Å²) in [5, 5.41) is 0.610. The molecule has 0 saturated carbocycles. The third kappa shape index (κ3) is 4.86. The van der Waals surface area contributed by atoms with Gasteiger partial charge >= 0.3 is 5.97 Å². The minimum atomic E-state index is -3.95. The van der Waals surface area contributed by atoms with Gasteiger partial charge in [0.05, 0.1) is 25.5 Å².